The van der Waals surface area contributed by atoms with Crippen molar-refractivity contribution < 1.29 is 89.1 Å². The normalized spacial score (nSPS) is 28.0. The van der Waals surface area contributed by atoms with Gasteiger partial charge in [-0.05, 0) is 78.6 Å². The monoisotopic (exact) mass is 786 g/mol. The lowest BCUT2D eigenvalue weighted by Crippen LogP contribution is -2.65. The second-order valence-electron chi connectivity index (χ2n) is 12.9. The molecule has 18 nitrogen and oxygen atoms in total. The van der Waals surface area contributed by atoms with E-state index in [-0.39, 0.29) is 36.0 Å². The SMILES string of the molecule is C[C@@H]1O[C@@H](O[C@@H]2[C@@H](O)[C@H](OCCc3ccc(O)c(O)c3)O[C@H](CO)[C@H]2OC(=O)/C=C/c2ccc(O)c(O)c2)[C@H](O)[C@H](OC(=O)/C=C/c2ccc(O)c(O)c2)[C@H]1O. The van der Waals surface area contributed by atoms with Crippen LogP contribution in [0.5, 0.6) is 34.5 Å². The number of benzene rings is 3. The number of aliphatic hydroxyl groups excluding tert-OH is 4. The molecule has 10 atom stereocenters. The lowest BCUT2D eigenvalue weighted by Gasteiger charge is -2.46. The smallest absolute Gasteiger partial charge is 0.331 e. The van der Waals surface area contributed by atoms with Crippen LogP contribution in [0.25, 0.3) is 12.2 Å². The molecule has 0 radical (unpaired) electrons. The number of esters is 2. The Bertz CT molecular complexity index is 1900. The van der Waals surface area contributed by atoms with Gasteiger partial charge in [0.25, 0.3) is 0 Å². The van der Waals surface area contributed by atoms with E-state index in [4.69, 9.17) is 28.4 Å². The van der Waals surface area contributed by atoms with Crippen LogP contribution in [-0.2, 0) is 44.4 Å². The number of carbonyl (C=O) groups is 2. The molecule has 2 saturated heterocycles. The standard InChI is InChI=1S/C38H42O18/c1-18-31(48)35(55-30(47)11-6-20-3-8-23(41)26(44)15-20)32(49)38(52-18)56-36-33(50)37(51-13-12-21-4-9-24(42)27(45)16-21)53-28(17-39)34(36)54-29(46)10-5-19-2-7-22(40)25(43)14-19/h2-11,14-16,18,28,31-45,48-50H,12-13,17H2,1H3/b10-5+,11-6+/t18-,28+,31-,32+,33+,34+,35+,36+,37+,38-/m0/s1. The van der Waals surface area contributed by atoms with E-state index < -0.39 is 91.5 Å². The van der Waals surface area contributed by atoms with Gasteiger partial charge in [0, 0.05) is 12.2 Å². The summed E-state index contributed by atoms with van der Waals surface area (Å²) < 4.78 is 34.2. The number of aromatic hydroxyl groups is 6. The molecule has 2 heterocycles. The van der Waals surface area contributed by atoms with Crippen molar-refractivity contribution in [2.24, 2.45) is 0 Å². The van der Waals surface area contributed by atoms with Crippen molar-refractivity contribution in [1.29, 1.82) is 0 Å². The molecule has 3 aromatic carbocycles. The molecule has 5 rings (SSSR count). The first-order chi connectivity index (χ1) is 26.6. The number of rotatable bonds is 13. The Morgan fingerprint density at radius 1 is 0.643 bits per heavy atom. The Kier molecular flexibility index (Phi) is 13.8. The molecule has 302 valence electrons. The maximum atomic E-state index is 13.1. The molecule has 0 spiro atoms. The number of carbonyl (C=O) groups excluding carboxylic acids is 2. The van der Waals surface area contributed by atoms with E-state index in [1.54, 1.807) is 0 Å². The van der Waals surface area contributed by atoms with Gasteiger partial charge < -0.3 is 79.5 Å². The van der Waals surface area contributed by atoms with Crippen molar-refractivity contribution >= 4 is 24.1 Å². The first kappa shape index (κ1) is 41.7. The van der Waals surface area contributed by atoms with Gasteiger partial charge in [-0.3, -0.25) is 0 Å². The van der Waals surface area contributed by atoms with Crippen LogP contribution in [0.3, 0.4) is 0 Å². The zero-order chi connectivity index (χ0) is 40.7. The second-order valence-corrected chi connectivity index (χ2v) is 12.9. The topological polar surface area (TPSA) is 292 Å². The van der Waals surface area contributed by atoms with Crippen LogP contribution in [0.15, 0.2) is 66.7 Å². The Morgan fingerprint density at radius 3 is 1.70 bits per heavy atom. The fourth-order valence-corrected chi connectivity index (χ4v) is 5.86. The lowest BCUT2D eigenvalue weighted by atomic mass is 9.96. The zero-order valence-corrected chi connectivity index (χ0v) is 29.6. The number of ether oxygens (including phenoxy) is 6. The van der Waals surface area contributed by atoms with E-state index in [0.717, 1.165) is 12.2 Å². The predicted octanol–water partition coefficient (Wildman–Crippen LogP) is 0.660. The summed E-state index contributed by atoms with van der Waals surface area (Å²) in [6.07, 6.45) is -11.6. The van der Waals surface area contributed by atoms with Crippen LogP contribution in [-0.4, -0.2) is 138 Å². The summed E-state index contributed by atoms with van der Waals surface area (Å²) in [6, 6.07) is 11.6. The molecule has 0 amide bonds. The maximum absolute atomic E-state index is 13.1. The van der Waals surface area contributed by atoms with E-state index in [2.05, 4.69) is 0 Å². The van der Waals surface area contributed by atoms with Crippen LogP contribution >= 0.6 is 0 Å². The highest BCUT2D eigenvalue weighted by Crippen LogP contribution is 2.33. The number of aliphatic hydroxyl groups is 4. The Labute approximate surface area is 318 Å². The highest BCUT2D eigenvalue weighted by molar-refractivity contribution is 5.88. The Hall–Kier alpha value is -5.44. The van der Waals surface area contributed by atoms with Crippen molar-refractivity contribution in [1.82, 2.24) is 0 Å². The molecule has 2 fully saturated rings. The summed E-state index contributed by atoms with van der Waals surface area (Å²) in [7, 11) is 0. The first-order valence-electron chi connectivity index (χ1n) is 17.2. The molecule has 3 aromatic rings. The van der Waals surface area contributed by atoms with Crippen LogP contribution in [0.1, 0.15) is 23.6 Å². The molecule has 0 unspecified atom stereocenters. The van der Waals surface area contributed by atoms with Gasteiger partial charge in [-0.2, -0.15) is 0 Å². The van der Waals surface area contributed by atoms with E-state index in [9.17, 15) is 60.7 Å². The van der Waals surface area contributed by atoms with E-state index in [1.807, 2.05) is 0 Å². The average molecular weight is 787 g/mol. The first-order valence-corrected chi connectivity index (χ1v) is 17.2. The molecular formula is C38H42O18. The lowest BCUT2D eigenvalue weighted by molar-refractivity contribution is -0.357. The van der Waals surface area contributed by atoms with Gasteiger partial charge in [0.1, 0.15) is 30.5 Å². The largest absolute Gasteiger partial charge is 0.504 e. The van der Waals surface area contributed by atoms with Crippen molar-refractivity contribution in [3.63, 3.8) is 0 Å². The summed E-state index contributed by atoms with van der Waals surface area (Å²) in [5.74, 6) is -4.42. The van der Waals surface area contributed by atoms with E-state index >= 15 is 0 Å². The van der Waals surface area contributed by atoms with E-state index in [0.29, 0.717) is 16.7 Å². The third kappa shape index (κ3) is 10.2. The quantitative estimate of drug-likeness (QED) is 0.0647. The van der Waals surface area contributed by atoms with Crippen LogP contribution in [0.4, 0.5) is 0 Å². The van der Waals surface area contributed by atoms with Crippen LogP contribution < -0.4 is 0 Å². The third-order valence-corrected chi connectivity index (χ3v) is 8.91. The van der Waals surface area contributed by atoms with Gasteiger partial charge in [0.05, 0.1) is 19.3 Å². The van der Waals surface area contributed by atoms with Crippen molar-refractivity contribution in [3.05, 3.63) is 83.4 Å². The predicted molar refractivity (Wildman–Crippen MR) is 190 cm³/mol. The van der Waals surface area contributed by atoms with Gasteiger partial charge in [-0.15, -0.1) is 0 Å². The van der Waals surface area contributed by atoms with Gasteiger partial charge in [-0.25, -0.2) is 9.59 Å². The zero-order valence-electron chi connectivity index (χ0n) is 29.6. The fourth-order valence-electron chi connectivity index (χ4n) is 5.86. The number of hydrogen-bond acceptors (Lipinski definition) is 18. The third-order valence-electron chi connectivity index (χ3n) is 8.91. The average Bonchev–Trinajstić information content (AvgIpc) is 3.16. The highest BCUT2D eigenvalue weighted by Gasteiger charge is 2.53. The second kappa shape index (κ2) is 18.5. The molecule has 0 aromatic heterocycles. The molecule has 18 heteroatoms. The van der Waals surface area contributed by atoms with Gasteiger partial charge in [0.15, 0.2) is 59.3 Å². The molecule has 2 aliphatic rings. The minimum absolute atomic E-state index is 0.134. The van der Waals surface area contributed by atoms with Crippen LogP contribution in [0.2, 0.25) is 0 Å². The number of phenolic OH excluding ortho intramolecular Hbond substituents is 6. The summed E-state index contributed by atoms with van der Waals surface area (Å²) in [5, 5.41) is 102. The minimum Gasteiger partial charge on any atom is -0.504 e. The molecule has 56 heavy (non-hydrogen) atoms. The number of hydrogen-bond donors (Lipinski definition) is 10. The maximum Gasteiger partial charge on any atom is 0.331 e. The molecular weight excluding hydrogens is 744 g/mol. The molecule has 2 aliphatic heterocycles. The molecule has 10 N–H and O–H groups in total. The molecule has 0 bridgehead atoms. The van der Waals surface area contributed by atoms with Crippen molar-refractivity contribution in [2.45, 2.75) is 74.8 Å². The fraction of sp³-hybridized carbons (Fsp3) is 0.368. The number of phenols is 6. The van der Waals surface area contributed by atoms with Crippen molar-refractivity contribution in [3.8, 4) is 34.5 Å². The summed E-state index contributed by atoms with van der Waals surface area (Å²) in [5.41, 5.74) is 1.14. The van der Waals surface area contributed by atoms with Gasteiger partial charge >= 0.3 is 11.9 Å². The Morgan fingerprint density at radius 2 is 1.16 bits per heavy atom. The van der Waals surface area contributed by atoms with Gasteiger partial charge in [-0.1, -0.05) is 18.2 Å². The highest BCUT2D eigenvalue weighted by atomic mass is 16.7. The summed E-state index contributed by atoms with van der Waals surface area (Å²) in [6.45, 7) is 0.446. The minimum atomic E-state index is -1.92. The molecule has 0 saturated carbocycles. The Balaban J connectivity index is 1.35. The molecule has 0 aliphatic carbocycles. The summed E-state index contributed by atoms with van der Waals surface area (Å²) in [4.78, 5) is 25.8. The van der Waals surface area contributed by atoms with Crippen molar-refractivity contribution in [2.75, 3.05) is 13.2 Å². The van der Waals surface area contributed by atoms with Crippen LogP contribution in [0, 0.1) is 0 Å². The van der Waals surface area contributed by atoms with Gasteiger partial charge in [0.2, 0.25) is 0 Å². The van der Waals surface area contributed by atoms with E-state index in [1.165, 1.54) is 73.7 Å². The summed E-state index contributed by atoms with van der Waals surface area (Å²) >= 11 is 0.